The van der Waals surface area contributed by atoms with Gasteiger partial charge in [-0.25, -0.2) is 24.3 Å². The first-order valence-corrected chi connectivity index (χ1v) is 43.5. The summed E-state index contributed by atoms with van der Waals surface area (Å²) in [4.78, 5) is 184. The lowest BCUT2D eigenvalue weighted by atomic mass is 9.93. The van der Waals surface area contributed by atoms with Crippen LogP contribution in [-0.4, -0.2) is 296 Å². The second-order valence-electron chi connectivity index (χ2n) is 32.4. The Labute approximate surface area is 760 Å². The third-order valence-electron chi connectivity index (χ3n) is 22.5. The van der Waals surface area contributed by atoms with Gasteiger partial charge in [0.15, 0.2) is 29.1 Å². The molecule has 132 heavy (non-hydrogen) atoms. The highest BCUT2D eigenvalue weighted by Gasteiger charge is 2.42. The van der Waals surface area contributed by atoms with Gasteiger partial charge in [-0.05, 0) is 87.8 Å². The van der Waals surface area contributed by atoms with E-state index in [-0.39, 0.29) is 178 Å². The first-order chi connectivity index (χ1) is 63.5. The predicted molar refractivity (Wildman–Crippen MR) is 483 cm³/mol. The van der Waals surface area contributed by atoms with E-state index >= 15 is 4.39 Å². The normalized spacial score (nSPS) is 14.8. The number of ether oxygens (including phenoxy) is 5. The quantitative estimate of drug-likeness (QED) is 0.0244. The molecule has 43 nitrogen and oxygen atoms in total. The highest BCUT2D eigenvalue weighted by atomic mass is 19.1. The van der Waals surface area contributed by atoms with Crippen LogP contribution in [-0.2, 0) is 96.4 Å². The molecule has 0 spiro atoms. The number of piperazine rings is 1. The molecule has 2 saturated heterocycles. The van der Waals surface area contributed by atoms with E-state index in [4.69, 9.17) is 23.7 Å². The van der Waals surface area contributed by atoms with Crippen LogP contribution in [0.3, 0.4) is 0 Å². The van der Waals surface area contributed by atoms with Gasteiger partial charge in [-0.1, -0.05) is 24.3 Å². The lowest BCUT2D eigenvalue weighted by Crippen LogP contribution is -2.49. The highest BCUT2D eigenvalue weighted by Crippen LogP contribution is 2.43. The maximum atomic E-state index is 15.0. The molecule has 2 aliphatic heterocycles. The fraction of sp³-hybridized carbons (Fsp3) is 0.455. The van der Waals surface area contributed by atoms with E-state index in [1.165, 1.54) is 77.6 Å². The van der Waals surface area contributed by atoms with Crippen molar-refractivity contribution in [2.75, 3.05) is 189 Å². The molecule has 0 saturated carbocycles. The van der Waals surface area contributed by atoms with Crippen molar-refractivity contribution in [3.8, 4) is 0 Å². The Morgan fingerprint density at radius 2 is 1.00 bits per heavy atom. The van der Waals surface area contributed by atoms with Gasteiger partial charge in [0.05, 0.1) is 82.2 Å². The molecular weight excluding hydrogens is 1710 g/mol. The first-order valence-electron chi connectivity index (χ1n) is 43.5. The molecular formula is C88H115FN26O17. The molecule has 9 heterocycles. The van der Waals surface area contributed by atoms with E-state index in [1.807, 2.05) is 11.0 Å². The zero-order chi connectivity index (χ0) is 94.1. The number of carbonyl (C=O) groups excluding carboxylic acids is 12. The largest absolute Gasteiger partial charge is 0.377 e. The summed E-state index contributed by atoms with van der Waals surface area (Å²) in [6.45, 7) is 9.12. The topological polar surface area (TPSA) is 493 Å². The predicted octanol–water partition coefficient (Wildman–Crippen LogP) is 3.18. The molecule has 3 atom stereocenters. The number of nitrogens with zero attached hydrogens (tertiary/aromatic N) is 14. The van der Waals surface area contributed by atoms with Gasteiger partial charge in [0.2, 0.25) is 41.2 Å². The Morgan fingerprint density at radius 3 is 1.58 bits per heavy atom. The summed E-state index contributed by atoms with van der Waals surface area (Å²) in [7, 11) is 13.9. The molecule has 706 valence electrons. The van der Waals surface area contributed by atoms with E-state index in [2.05, 4.69) is 143 Å². The van der Waals surface area contributed by atoms with Crippen molar-refractivity contribution in [2.45, 2.75) is 69.9 Å². The maximum Gasteiger partial charge on any atom is 0.291 e. The second-order valence-corrected chi connectivity index (χ2v) is 32.4. The van der Waals surface area contributed by atoms with Crippen molar-refractivity contribution < 1.29 is 85.6 Å². The molecule has 0 bridgehead atoms. The number of benzene rings is 2. The number of hydrogen-bond donors (Lipinski definition) is 12. The number of nitrogens with one attached hydrogen (secondary N) is 12. The Balaban J connectivity index is 0.439. The molecule has 1 unspecified atom stereocenters. The van der Waals surface area contributed by atoms with Crippen LogP contribution >= 0.6 is 0 Å². The monoisotopic (exact) mass is 1830 g/mol. The third kappa shape index (κ3) is 26.7. The number of H-pyrrole nitrogens is 1. The van der Waals surface area contributed by atoms with Crippen molar-refractivity contribution in [1.82, 2.24) is 93.6 Å². The van der Waals surface area contributed by atoms with Gasteiger partial charge in [0.1, 0.15) is 29.5 Å². The highest BCUT2D eigenvalue weighted by molar-refractivity contribution is 6.06. The third-order valence-corrected chi connectivity index (χ3v) is 22.5. The van der Waals surface area contributed by atoms with Crippen molar-refractivity contribution in [3.05, 3.63) is 173 Å². The smallest absolute Gasteiger partial charge is 0.291 e. The minimum absolute atomic E-state index is 0.00451. The van der Waals surface area contributed by atoms with Crippen LogP contribution < -0.4 is 63.4 Å². The average molecular weight is 1830 g/mol. The molecule has 2 aromatic carbocycles. The van der Waals surface area contributed by atoms with Gasteiger partial charge in [-0.15, -0.1) is 0 Å². The molecule has 44 heteroatoms. The summed E-state index contributed by atoms with van der Waals surface area (Å²) in [5.74, 6) is -5.27. The second kappa shape index (κ2) is 46.6. The molecule has 0 radical (unpaired) electrons. The SMILES string of the molecule is Cc1[nH]c(C(=O)NCCC(=O)NCCOCCOCCOCCOCCOCC(=O)N2CCN(c3ccc([C@H]4CN(C5CCc6cccc(F)c65)C[C@@H]4N(C)C)cc3)CC2)nc1NC(=O)c1cc(NC(=O)CCNC(=O)c2nc(NC(=O)CCCNC(=O)c3cc(NC(=O)c4nc(NC(=O)CCNC(=O)c5cc(NC(=O)c6nccn6C)cn5C)cn4C)cn3C)cn2C)cn1C. The summed E-state index contributed by atoms with van der Waals surface area (Å²) >= 11 is 0. The Bertz CT molecular complexity index is 5580. The zero-order valence-corrected chi connectivity index (χ0v) is 75.4. The minimum Gasteiger partial charge on any atom is -0.377 e. The number of likely N-dealkylation sites (tertiary alicyclic amines) is 1. The van der Waals surface area contributed by atoms with Crippen molar-refractivity contribution in [3.63, 3.8) is 0 Å². The van der Waals surface area contributed by atoms with E-state index in [9.17, 15) is 57.5 Å². The van der Waals surface area contributed by atoms with Gasteiger partial charge in [-0.3, -0.25) is 62.4 Å². The Kier molecular flexibility index (Phi) is 34.4. The number of amides is 12. The summed E-state index contributed by atoms with van der Waals surface area (Å²) in [5, 5.41) is 29.4. The molecule has 7 aromatic heterocycles. The van der Waals surface area contributed by atoms with E-state index in [1.54, 1.807) is 72.2 Å². The van der Waals surface area contributed by atoms with Crippen LogP contribution in [0.15, 0.2) is 104 Å². The summed E-state index contributed by atoms with van der Waals surface area (Å²) < 4.78 is 51.8. The standard InChI is InChI=1S/C88H115FN26O17/c1-55-77(104-78(96-55)85(124)94-25-21-71(116)90-29-35-128-36-37-129-38-39-130-40-41-131-42-43-132-54-75(120)114-33-31-113(32-34-114)61-18-15-56(16-19-61)62-50-115(51-68(62)106(2)3)64-20-17-57-12-10-13-63(89)76(57)64)105-84(123)67-44-58(47-110(67)7)97-73(118)22-27-95-86(125)80-102-69(52-111(80)8)100-72(117)14-11-24-92-82(121)65-46-60(49-108(65)5)99-88(127)81-103-70(53-112(81)9)101-74(119)23-26-93-83(122)66-45-59(48-109(66)6)98-87(126)79-91-28-30-107(79)4/h10,12-13,15-16,18-19,28,30,44-49,52-53,62,64,68H,11,14,17,20-27,29,31-43,50-51,54H2,1-9H3,(H,90,116)(H,92,121)(H,93,122)(H,94,124)(H,95,125)(H,96,104)(H,97,118)(H,98,126)(H,99,127)(H,100,117)(H,101,119)(H,105,123)/t62-,64?,68+/m1/s1. The number of aryl methyl sites for hydroxylation is 8. The van der Waals surface area contributed by atoms with E-state index in [0.29, 0.717) is 82.7 Å². The van der Waals surface area contributed by atoms with Gasteiger partial charge >= 0.3 is 0 Å². The number of aromatic amines is 1. The van der Waals surface area contributed by atoms with Crippen molar-refractivity contribution in [1.29, 1.82) is 0 Å². The number of hydrogen-bond acceptors (Lipinski definition) is 24. The summed E-state index contributed by atoms with van der Waals surface area (Å²) in [6, 6.07) is 19.2. The molecule has 12 rings (SSSR count). The lowest BCUT2D eigenvalue weighted by Gasteiger charge is -2.36. The van der Waals surface area contributed by atoms with Crippen LogP contribution in [0.4, 0.5) is 44.6 Å². The van der Waals surface area contributed by atoms with E-state index in [0.717, 1.165) is 55.8 Å². The van der Waals surface area contributed by atoms with Gasteiger partial charge in [-0.2, -0.15) is 0 Å². The fourth-order valence-electron chi connectivity index (χ4n) is 15.7. The molecule has 12 N–H and O–H groups in total. The molecule has 9 aromatic rings. The van der Waals surface area contributed by atoms with Crippen LogP contribution in [0.1, 0.15) is 147 Å². The van der Waals surface area contributed by atoms with Gasteiger partial charge in [0.25, 0.3) is 41.4 Å². The Hall–Kier alpha value is -13.8. The number of anilines is 7. The summed E-state index contributed by atoms with van der Waals surface area (Å²) in [5.41, 5.74) is 6.30. The van der Waals surface area contributed by atoms with Gasteiger partial charge < -0.3 is 129 Å². The van der Waals surface area contributed by atoms with Crippen LogP contribution in [0.25, 0.3) is 0 Å². The molecule has 1 aliphatic carbocycles. The molecule has 2 fully saturated rings. The van der Waals surface area contributed by atoms with Crippen LogP contribution in [0, 0.1) is 12.7 Å². The van der Waals surface area contributed by atoms with Crippen LogP contribution in [0.2, 0.25) is 0 Å². The fourth-order valence-corrected chi connectivity index (χ4v) is 15.7. The van der Waals surface area contributed by atoms with Crippen molar-refractivity contribution >= 4 is 111 Å². The number of halogens is 1. The lowest BCUT2D eigenvalue weighted by molar-refractivity contribution is -0.137. The number of imidazole rings is 4. The van der Waals surface area contributed by atoms with Gasteiger partial charge in [0, 0.05) is 213 Å². The number of aromatic nitrogens is 11. The first kappa shape index (κ1) is 97.3. The number of fused-ring (bicyclic) bond motifs is 1. The zero-order valence-electron chi connectivity index (χ0n) is 75.4. The summed E-state index contributed by atoms with van der Waals surface area (Å²) in [6.07, 6.45) is 12.3. The maximum absolute atomic E-state index is 15.0. The number of rotatable bonds is 47. The average Bonchev–Trinajstić information content (AvgIpc) is 1.62. The molecule has 3 aliphatic rings. The van der Waals surface area contributed by atoms with E-state index < -0.39 is 59.1 Å². The van der Waals surface area contributed by atoms with Crippen molar-refractivity contribution in [2.24, 2.45) is 42.3 Å². The minimum atomic E-state index is -0.641. The number of carbonyl (C=O) groups is 12. The number of likely N-dealkylation sites (N-methyl/N-ethyl adjacent to an activating group) is 1. The Morgan fingerprint density at radius 1 is 0.485 bits per heavy atom. The van der Waals surface area contributed by atoms with Crippen LogP contribution in [0.5, 0.6) is 0 Å². The molecule has 12 amide bonds.